The monoisotopic (exact) mass is 302 g/mol. The predicted octanol–water partition coefficient (Wildman–Crippen LogP) is 2.02. The summed E-state index contributed by atoms with van der Waals surface area (Å²) in [7, 11) is 0. The highest BCUT2D eigenvalue weighted by atomic mass is 16.3. The molecule has 22 heavy (non-hydrogen) atoms. The maximum Gasteiger partial charge on any atom is 0.185 e. The second-order valence-electron chi connectivity index (χ2n) is 6.74. The summed E-state index contributed by atoms with van der Waals surface area (Å²) in [5, 5.41) is 10.6. The van der Waals surface area contributed by atoms with Crippen molar-refractivity contribution in [3.8, 4) is 0 Å². The summed E-state index contributed by atoms with van der Waals surface area (Å²) in [5.41, 5.74) is 6.23. The molecule has 0 spiro atoms. The molecule has 3 rings (SSSR count). The minimum absolute atomic E-state index is 0.0216. The van der Waals surface area contributed by atoms with E-state index >= 15 is 0 Å². The second-order valence-corrected chi connectivity index (χ2v) is 6.74. The molecule has 1 saturated carbocycles. The van der Waals surface area contributed by atoms with Gasteiger partial charge >= 0.3 is 0 Å². The van der Waals surface area contributed by atoms with Crippen LogP contribution in [0.3, 0.4) is 0 Å². The molecule has 3 N–H and O–H groups in total. The first kappa shape index (κ1) is 15.7. The van der Waals surface area contributed by atoms with Crippen molar-refractivity contribution < 1.29 is 9.90 Å². The number of hydrogen-bond donors (Lipinski definition) is 2. The van der Waals surface area contributed by atoms with Crippen LogP contribution in [0.15, 0.2) is 30.3 Å². The van der Waals surface area contributed by atoms with E-state index in [0.29, 0.717) is 5.56 Å². The minimum atomic E-state index is -1.02. The van der Waals surface area contributed by atoms with Gasteiger partial charge in [-0.25, -0.2) is 0 Å². The zero-order valence-electron chi connectivity index (χ0n) is 13.1. The highest BCUT2D eigenvalue weighted by Crippen LogP contribution is 2.40. The van der Waals surface area contributed by atoms with Crippen LogP contribution in [0.25, 0.3) is 0 Å². The Morgan fingerprint density at radius 2 is 1.77 bits per heavy atom. The Bertz CT molecular complexity index is 503. The number of ketones is 1. The van der Waals surface area contributed by atoms with E-state index in [2.05, 4.69) is 4.90 Å². The van der Waals surface area contributed by atoms with Gasteiger partial charge in [0.05, 0.1) is 5.54 Å². The molecule has 1 atom stereocenters. The number of piperidine rings is 1. The Kier molecular flexibility index (Phi) is 4.62. The molecule has 1 aromatic carbocycles. The van der Waals surface area contributed by atoms with E-state index in [1.165, 1.54) is 0 Å². The maximum atomic E-state index is 13.1. The predicted molar refractivity (Wildman–Crippen MR) is 86.4 cm³/mol. The molecule has 1 aliphatic heterocycles. The summed E-state index contributed by atoms with van der Waals surface area (Å²) < 4.78 is 0. The minimum Gasteiger partial charge on any atom is -0.380 e. The molecule has 2 aliphatic rings. The summed E-state index contributed by atoms with van der Waals surface area (Å²) in [6.45, 7) is 1.74. The van der Waals surface area contributed by atoms with E-state index in [1.54, 1.807) is 0 Å². The van der Waals surface area contributed by atoms with E-state index in [4.69, 9.17) is 5.73 Å². The number of nitrogens with zero attached hydrogens (tertiary/aromatic N) is 1. The largest absolute Gasteiger partial charge is 0.380 e. The van der Waals surface area contributed by atoms with Crippen molar-refractivity contribution in [2.75, 3.05) is 13.1 Å². The van der Waals surface area contributed by atoms with Crippen LogP contribution in [0, 0.1) is 0 Å². The molecule has 4 nitrogen and oxygen atoms in total. The van der Waals surface area contributed by atoms with Gasteiger partial charge in [-0.1, -0.05) is 43.2 Å². The molecule has 1 aromatic rings. The van der Waals surface area contributed by atoms with Gasteiger partial charge in [0.2, 0.25) is 0 Å². The first-order chi connectivity index (χ1) is 10.6. The van der Waals surface area contributed by atoms with Gasteiger partial charge < -0.3 is 10.8 Å². The SMILES string of the molecule is NC1CCN(C2(C(=O)[C@H](O)c3ccccc3)CCCC2)CC1. The lowest BCUT2D eigenvalue weighted by Gasteiger charge is -2.44. The topological polar surface area (TPSA) is 66.6 Å². The third kappa shape index (κ3) is 2.83. The van der Waals surface area contributed by atoms with Crippen molar-refractivity contribution in [3.05, 3.63) is 35.9 Å². The van der Waals surface area contributed by atoms with Crippen molar-refractivity contribution in [1.29, 1.82) is 0 Å². The lowest BCUT2D eigenvalue weighted by molar-refractivity contribution is -0.141. The molecule has 0 aromatic heterocycles. The molecular formula is C18H26N2O2. The number of aliphatic hydroxyl groups is 1. The second kappa shape index (κ2) is 6.49. The first-order valence-electron chi connectivity index (χ1n) is 8.41. The molecular weight excluding hydrogens is 276 g/mol. The summed E-state index contributed by atoms with van der Waals surface area (Å²) in [4.78, 5) is 15.4. The number of benzene rings is 1. The summed E-state index contributed by atoms with van der Waals surface area (Å²) in [6.07, 6.45) is 4.73. The van der Waals surface area contributed by atoms with Crippen LogP contribution < -0.4 is 5.73 Å². The van der Waals surface area contributed by atoms with Crippen LogP contribution in [-0.2, 0) is 4.79 Å². The van der Waals surface area contributed by atoms with Crippen LogP contribution in [0.4, 0.5) is 0 Å². The van der Waals surface area contributed by atoms with Crippen molar-refractivity contribution in [2.24, 2.45) is 5.73 Å². The smallest absolute Gasteiger partial charge is 0.185 e. The highest BCUT2D eigenvalue weighted by Gasteiger charge is 2.48. The van der Waals surface area contributed by atoms with Gasteiger partial charge in [0.15, 0.2) is 5.78 Å². The van der Waals surface area contributed by atoms with Crippen LogP contribution in [0.1, 0.15) is 50.2 Å². The molecule has 0 unspecified atom stereocenters. The van der Waals surface area contributed by atoms with Gasteiger partial charge in [-0.05, 0) is 31.2 Å². The van der Waals surface area contributed by atoms with E-state index in [1.807, 2.05) is 30.3 Å². The molecule has 4 heteroatoms. The van der Waals surface area contributed by atoms with Gasteiger partial charge in [-0.2, -0.15) is 0 Å². The number of likely N-dealkylation sites (tertiary alicyclic amines) is 1. The van der Waals surface area contributed by atoms with Crippen LogP contribution in [0.5, 0.6) is 0 Å². The van der Waals surface area contributed by atoms with Crippen LogP contribution in [-0.4, -0.2) is 40.5 Å². The highest BCUT2D eigenvalue weighted by molar-refractivity contribution is 5.93. The Morgan fingerprint density at radius 1 is 1.18 bits per heavy atom. The first-order valence-corrected chi connectivity index (χ1v) is 8.41. The van der Waals surface area contributed by atoms with Crippen molar-refractivity contribution in [2.45, 2.75) is 56.2 Å². The molecule has 0 bridgehead atoms. The van der Waals surface area contributed by atoms with Crippen LogP contribution in [0.2, 0.25) is 0 Å². The third-order valence-electron chi connectivity index (χ3n) is 5.40. The van der Waals surface area contributed by atoms with Gasteiger partial charge in [-0.3, -0.25) is 9.69 Å². The fraction of sp³-hybridized carbons (Fsp3) is 0.611. The number of rotatable bonds is 4. The molecule has 1 aliphatic carbocycles. The van der Waals surface area contributed by atoms with E-state index < -0.39 is 11.6 Å². The normalized spacial score (nSPS) is 24.3. The van der Waals surface area contributed by atoms with Crippen molar-refractivity contribution >= 4 is 5.78 Å². The number of Topliss-reactive ketones (excluding diaryl/α,β-unsaturated/α-hetero) is 1. The van der Waals surface area contributed by atoms with E-state index in [9.17, 15) is 9.90 Å². The number of nitrogens with two attached hydrogens (primary N) is 1. The van der Waals surface area contributed by atoms with Gasteiger partial charge in [0.25, 0.3) is 0 Å². The molecule has 120 valence electrons. The quantitative estimate of drug-likeness (QED) is 0.893. The molecule has 0 radical (unpaired) electrons. The summed E-state index contributed by atoms with van der Waals surface area (Å²) in [5.74, 6) is -0.0216. The van der Waals surface area contributed by atoms with Crippen LogP contribution >= 0.6 is 0 Å². The Balaban J connectivity index is 1.82. The van der Waals surface area contributed by atoms with Gasteiger partial charge in [0.1, 0.15) is 6.10 Å². The zero-order chi connectivity index (χ0) is 15.6. The fourth-order valence-corrected chi connectivity index (χ4v) is 4.05. The number of carbonyl (C=O) groups excluding carboxylic acids is 1. The summed E-state index contributed by atoms with van der Waals surface area (Å²) in [6, 6.07) is 9.55. The van der Waals surface area contributed by atoms with E-state index in [0.717, 1.165) is 51.6 Å². The maximum absolute atomic E-state index is 13.1. The average molecular weight is 302 g/mol. The standard InChI is InChI=1S/C18H26N2O2/c19-15-8-12-20(13-9-15)18(10-4-5-11-18)17(22)16(21)14-6-2-1-3-7-14/h1-3,6-7,15-16,21H,4-5,8-13,19H2/t16-/m1/s1. The fourth-order valence-electron chi connectivity index (χ4n) is 4.05. The summed E-state index contributed by atoms with van der Waals surface area (Å²) >= 11 is 0. The lowest BCUT2D eigenvalue weighted by atomic mass is 9.83. The zero-order valence-corrected chi connectivity index (χ0v) is 13.1. The molecule has 0 amide bonds. The molecule has 1 saturated heterocycles. The number of hydrogen-bond acceptors (Lipinski definition) is 4. The van der Waals surface area contributed by atoms with Crippen molar-refractivity contribution in [1.82, 2.24) is 4.90 Å². The Hall–Kier alpha value is -1.23. The Labute approximate surface area is 132 Å². The Morgan fingerprint density at radius 3 is 2.36 bits per heavy atom. The van der Waals surface area contributed by atoms with E-state index in [-0.39, 0.29) is 11.8 Å². The van der Waals surface area contributed by atoms with Crippen molar-refractivity contribution in [3.63, 3.8) is 0 Å². The third-order valence-corrected chi connectivity index (χ3v) is 5.40. The molecule has 1 heterocycles. The molecule has 2 fully saturated rings. The van der Waals surface area contributed by atoms with Gasteiger partial charge in [0, 0.05) is 19.1 Å². The van der Waals surface area contributed by atoms with Gasteiger partial charge in [-0.15, -0.1) is 0 Å². The number of aliphatic hydroxyl groups excluding tert-OH is 1. The lowest BCUT2D eigenvalue weighted by Crippen LogP contribution is -2.58. The average Bonchev–Trinajstić information content (AvgIpc) is 3.06. The number of carbonyl (C=O) groups is 1.